The lowest BCUT2D eigenvalue weighted by molar-refractivity contribution is 0.498. The first-order valence-electron chi connectivity index (χ1n) is 7.04. The normalized spacial score (nSPS) is 12.3. The zero-order valence-corrected chi connectivity index (χ0v) is 11.5. The Bertz CT molecular complexity index is 453. The van der Waals surface area contributed by atoms with Crippen LogP contribution in [-0.2, 0) is 12.8 Å². The fourth-order valence-corrected chi connectivity index (χ4v) is 2.23. The van der Waals surface area contributed by atoms with E-state index in [-0.39, 0.29) is 0 Å². The van der Waals surface area contributed by atoms with Crippen LogP contribution in [0.4, 0.5) is 0 Å². The van der Waals surface area contributed by atoms with Crippen molar-refractivity contribution in [2.75, 3.05) is 6.54 Å². The summed E-state index contributed by atoms with van der Waals surface area (Å²) in [5.74, 6) is 0. The molecule has 0 bridgehead atoms. The molecule has 1 N–H and O–H groups in total. The van der Waals surface area contributed by atoms with Gasteiger partial charge in [0.05, 0.1) is 0 Å². The van der Waals surface area contributed by atoms with E-state index in [1.54, 1.807) is 0 Å². The van der Waals surface area contributed by atoms with Crippen LogP contribution in [0.3, 0.4) is 0 Å². The number of aromatic nitrogens is 1. The first-order valence-corrected chi connectivity index (χ1v) is 7.04. The van der Waals surface area contributed by atoms with Crippen molar-refractivity contribution < 1.29 is 0 Å². The summed E-state index contributed by atoms with van der Waals surface area (Å²) in [5, 5.41) is 3.64. The number of nitrogens with one attached hydrogen (secondary N) is 1. The predicted molar refractivity (Wildman–Crippen MR) is 80.2 cm³/mol. The molecule has 1 aromatic heterocycles. The fraction of sp³-hybridized carbons (Fsp3) is 0.353. The monoisotopic (exact) mass is 254 g/mol. The predicted octanol–water partition coefficient (Wildman–Crippen LogP) is 3.24. The molecule has 0 aliphatic heterocycles. The SMILES string of the molecule is CCC(Cc1ccccc1)NCCc1cccnc1. The molecule has 0 saturated carbocycles. The summed E-state index contributed by atoms with van der Waals surface area (Å²) in [7, 11) is 0. The Balaban J connectivity index is 1.77. The molecule has 0 saturated heterocycles. The number of hydrogen-bond donors (Lipinski definition) is 1. The molecule has 1 atom stereocenters. The van der Waals surface area contributed by atoms with Crippen LogP contribution >= 0.6 is 0 Å². The number of hydrogen-bond acceptors (Lipinski definition) is 2. The Kier molecular flexibility index (Phi) is 5.57. The Hall–Kier alpha value is -1.67. The Labute approximate surface area is 115 Å². The minimum Gasteiger partial charge on any atom is -0.313 e. The first-order chi connectivity index (χ1) is 9.38. The number of rotatable bonds is 7. The summed E-state index contributed by atoms with van der Waals surface area (Å²) in [4.78, 5) is 4.14. The molecular weight excluding hydrogens is 232 g/mol. The third-order valence-electron chi connectivity index (χ3n) is 3.39. The molecule has 2 heteroatoms. The summed E-state index contributed by atoms with van der Waals surface area (Å²) in [5.41, 5.74) is 2.70. The number of pyridine rings is 1. The van der Waals surface area contributed by atoms with Crippen molar-refractivity contribution in [1.82, 2.24) is 10.3 Å². The van der Waals surface area contributed by atoms with Gasteiger partial charge in [-0.3, -0.25) is 4.98 Å². The van der Waals surface area contributed by atoms with Gasteiger partial charge in [-0.15, -0.1) is 0 Å². The van der Waals surface area contributed by atoms with Crippen LogP contribution < -0.4 is 5.32 Å². The molecule has 0 spiro atoms. The highest BCUT2D eigenvalue weighted by Gasteiger charge is 2.06. The highest BCUT2D eigenvalue weighted by atomic mass is 14.9. The molecular formula is C17H22N2. The first kappa shape index (κ1) is 13.8. The maximum absolute atomic E-state index is 4.14. The van der Waals surface area contributed by atoms with E-state index in [4.69, 9.17) is 0 Å². The van der Waals surface area contributed by atoms with Crippen LogP contribution in [0.1, 0.15) is 24.5 Å². The van der Waals surface area contributed by atoms with Gasteiger partial charge in [-0.2, -0.15) is 0 Å². The molecule has 0 radical (unpaired) electrons. The van der Waals surface area contributed by atoms with Crippen LogP contribution in [0, 0.1) is 0 Å². The molecule has 100 valence electrons. The molecule has 0 aliphatic rings. The molecule has 19 heavy (non-hydrogen) atoms. The molecule has 2 rings (SSSR count). The van der Waals surface area contributed by atoms with Crippen LogP contribution in [-0.4, -0.2) is 17.6 Å². The zero-order chi connectivity index (χ0) is 13.3. The topological polar surface area (TPSA) is 24.9 Å². The van der Waals surface area contributed by atoms with Crippen molar-refractivity contribution in [1.29, 1.82) is 0 Å². The van der Waals surface area contributed by atoms with Crippen LogP contribution in [0.25, 0.3) is 0 Å². The third kappa shape index (κ3) is 4.84. The van der Waals surface area contributed by atoms with Crippen molar-refractivity contribution in [3.8, 4) is 0 Å². The second-order valence-electron chi connectivity index (χ2n) is 4.86. The van der Waals surface area contributed by atoms with Crippen molar-refractivity contribution in [2.24, 2.45) is 0 Å². The molecule has 0 fully saturated rings. The number of nitrogens with zero attached hydrogens (tertiary/aromatic N) is 1. The lowest BCUT2D eigenvalue weighted by Crippen LogP contribution is -2.32. The molecule has 1 aromatic carbocycles. The van der Waals surface area contributed by atoms with Gasteiger partial charge in [0.1, 0.15) is 0 Å². The third-order valence-corrected chi connectivity index (χ3v) is 3.39. The van der Waals surface area contributed by atoms with Gasteiger partial charge in [-0.05, 0) is 43.0 Å². The van der Waals surface area contributed by atoms with Gasteiger partial charge in [0.25, 0.3) is 0 Å². The van der Waals surface area contributed by atoms with Crippen molar-refractivity contribution in [2.45, 2.75) is 32.2 Å². The van der Waals surface area contributed by atoms with E-state index >= 15 is 0 Å². The second kappa shape index (κ2) is 7.70. The highest BCUT2D eigenvalue weighted by molar-refractivity contribution is 5.16. The Morgan fingerprint density at radius 3 is 2.53 bits per heavy atom. The molecule has 0 amide bonds. The average Bonchev–Trinajstić information content (AvgIpc) is 2.48. The van der Waals surface area contributed by atoms with E-state index in [1.165, 1.54) is 11.1 Å². The Morgan fingerprint density at radius 1 is 1.05 bits per heavy atom. The standard InChI is InChI=1S/C17H22N2/c1-2-17(13-15-7-4-3-5-8-15)19-12-10-16-9-6-11-18-14-16/h3-9,11,14,17,19H,2,10,12-13H2,1H3. The maximum Gasteiger partial charge on any atom is 0.0300 e. The van der Waals surface area contributed by atoms with Crippen molar-refractivity contribution in [3.05, 3.63) is 66.0 Å². The smallest absolute Gasteiger partial charge is 0.0300 e. The van der Waals surface area contributed by atoms with E-state index in [0.29, 0.717) is 6.04 Å². The number of benzene rings is 1. The summed E-state index contributed by atoms with van der Waals surface area (Å²) in [6.07, 6.45) is 7.06. The summed E-state index contributed by atoms with van der Waals surface area (Å²) >= 11 is 0. The van der Waals surface area contributed by atoms with Gasteiger partial charge in [0.15, 0.2) is 0 Å². The van der Waals surface area contributed by atoms with E-state index in [1.807, 2.05) is 18.5 Å². The van der Waals surface area contributed by atoms with E-state index in [9.17, 15) is 0 Å². The summed E-state index contributed by atoms with van der Waals surface area (Å²) in [6, 6.07) is 15.4. The Morgan fingerprint density at radius 2 is 1.84 bits per heavy atom. The quantitative estimate of drug-likeness (QED) is 0.820. The van der Waals surface area contributed by atoms with E-state index in [0.717, 1.165) is 25.8 Å². The van der Waals surface area contributed by atoms with Gasteiger partial charge >= 0.3 is 0 Å². The van der Waals surface area contributed by atoms with Crippen molar-refractivity contribution in [3.63, 3.8) is 0 Å². The lowest BCUT2D eigenvalue weighted by Gasteiger charge is -2.17. The summed E-state index contributed by atoms with van der Waals surface area (Å²) in [6.45, 7) is 3.25. The molecule has 1 unspecified atom stereocenters. The maximum atomic E-state index is 4.14. The van der Waals surface area contributed by atoms with Crippen molar-refractivity contribution >= 4 is 0 Å². The molecule has 0 aliphatic carbocycles. The minimum absolute atomic E-state index is 0.555. The van der Waals surface area contributed by atoms with Crippen LogP contribution in [0.2, 0.25) is 0 Å². The van der Waals surface area contributed by atoms with Gasteiger partial charge in [0, 0.05) is 18.4 Å². The average molecular weight is 254 g/mol. The van der Waals surface area contributed by atoms with Gasteiger partial charge in [0.2, 0.25) is 0 Å². The summed E-state index contributed by atoms with van der Waals surface area (Å²) < 4.78 is 0. The molecule has 2 aromatic rings. The van der Waals surface area contributed by atoms with Crippen LogP contribution in [0.15, 0.2) is 54.9 Å². The molecule has 2 nitrogen and oxygen atoms in total. The minimum atomic E-state index is 0.555. The van der Waals surface area contributed by atoms with E-state index < -0.39 is 0 Å². The largest absolute Gasteiger partial charge is 0.313 e. The van der Waals surface area contributed by atoms with Crippen LogP contribution in [0.5, 0.6) is 0 Å². The van der Waals surface area contributed by atoms with Gasteiger partial charge in [-0.25, -0.2) is 0 Å². The highest BCUT2D eigenvalue weighted by Crippen LogP contribution is 2.06. The van der Waals surface area contributed by atoms with Gasteiger partial charge < -0.3 is 5.32 Å². The second-order valence-corrected chi connectivity index (χ2v) is 4.86. The molecule has 1 heterocycles. The van der Waals surface area contributed by atoms with Gasteiger partial charge in [-0.1, -0.05) is 43.3 Å². The lowest BCUT2D eigenvalue weighted by atomic mass is 10.0. The zero-order valence-electron chi connectivity index (χ0n) is 11.5. The van der Waals surface area contributed by atoms with E-state index in [2.05, 4.69) is 53.6 Å². The fourth-order valence-electron chi connectivity index (χ4n) is 2.23.